The van der Waals surface area contributed by atoms with Gasteiger partial charge in [0.2, 0.25) is 47.3 Å². The first kappa shape index (κ1) is 53.0. The standard InChI is InChI=1S/C44H63N9O14/c1-24(2)21-30(50-37(59)26(45)22-25-9-4-3-5-10-25)42(64)51-18-6-11-31(51)40(62)47-27(14-16-35(55)56)38(60)49-29(23-34(46)54)39(61)48-28(15-17-36(57)58)41(63)52-19-7-12-32(52)43(65)53-20-8-13-33(53)44(66)67/h3-5,9-10,24,26-33H,6-8,11-23,45H2,1-2H3,(H2,46,54)(H,47,62)(H,48,61)(H,49,60)(H,50,59)(H,55,56)(H,57,58)(H,66,67). The molecule has 1 aromatic rings. The largest absolute Gasteiger partial charge is 0.481 e. The molecule has 11 N–H and O–H groups in total. The molecule has 23 nitrogen and oxygen atoms in total. The monoisotopic (exact) mass is 941 g/mol. The molecular formula is C44H63N9O14. The highest BCUT2D eigenvalue weighted by Gasteiger charge is 2.45. The molecule has 8 atom stereocenters. The summed E-state index contributed by atoms with van der Waals surface area (Å²) < 4.78 is 0. The van der Waals surface area contributed by atoms with Crippen LogP contribution in [0.4, 0.5) is 0 Å². The molecule has 1 aromatic carbocycles. The number of carboxylic acid groups (broad SMARTS) is 3. The van der Waals surface area contributed by atoms with Crippen molar-refractivity contribution in [2.24, 2.45) is 17.4 Å². The zero-order chi connectivity index (χ0) is 49.5. The molecule has 0 saturated carbocycles. The third kappa shape index (κ3) is 15.2. The van der Waals surface area contributed by atoms with E-state index in [1.807, 2.05) is 32.0 Å². The Morgan fingerprint density at radius 3 is 1.69 bits per heavy atom. The molecule has 0 aromatic heterocycles. The van der Waals surface area contributed by atoms with E-state index in [1.165, 1.54) is 9.80 Å². The number of carbonyl (C=O) groups is 11. The lowest BCUT2D eigenvalue weighted by Gasteiger charge is -2.33. The second kappa shape index (κ2) is 24.8. The number of aliphatic carboxylic acids is 3. The van der Waals surface area contributed by atoms with Crippen LogP contribution in [-0.4, -0.2) is 163 Å². The molecule has 3 fully saturated rings. The highest BCUT2D eigenvalue weighted by molar-refractivity contribution is 5.99. The molecule has 8 amide bonds. The molecule has 8 unspecified atom stereocenters. The average molecular weight is 942 g/mol. The maximum absolute atomic E-state index is 14.1. The van der Waals surface area contributed by atoms with Crippen molar-refractivity contribution >= 4 is 65.2 Å². The van der Waals surface area contributed by atoms with Gasteiger partial charge in [-0.05, 0) is 75.7 Å². The van der Waals surface area contributed by atoms with Crippen LogP contribution in [0, 0.1) is 5.92 Å². The Hall–Kier alpha value is -6.65. The summed E-state index contributed by atoms with van der Waals surface area (Å²) in [6.07, 6.45) is -1.12. The summed E-state index contributed by atoms with van der Waals surface area (Å²) in [5.74, 6) is -10.9. The maximum atomic E-state index is 14.1. The number of nitrogens with one attached hydrogen (secondary N) is 4. The number of hydrogen-bond donors (Lipinski definition) is 9. The smallest absolute Gasteiger partial charge is 0.326 e. The second-order valence-corrected chi connectivity index (χ2v) is 17.6. The van der Waals surface area contributed by atoms with Gasteiger partial charge in [0.15, 0.2) is 0 Å². The van der Waals surface area contributed by atoms with Crippen LogP contribution in [0.15, 0.2) is 30.3 Å². The van der Waals surface area contributed by atoms with Crippen molar-refractivity contribution in [3.05, 3.63) is 35.9 Å². The highest BCUT2D eigenvalue weighted by Crippen LogP contribution is 2.26. The summed E-state index contributed by atoms with van der Waals surface area (Å²) in [6, 6.07) is -1.49. The normalized spacial score (nSPS) is 20.2. The van der Waals surface area contributed by atoms with Crippen molar-refractivity contribution in [3.8, 4) is 0 Å². The van der Waals surface area contributed by atoms with Gasteiger partial charge in [0.05, 0.1) is 12.5 Å². The van der Waals surface area contributed by atoms with Crippen molar-refractivity contribution < 1.29 is 68.1 Å². The maximum Gasteiger partial charge on any atom is 0.326 e. The first-order valence-electron chi connectivity index (χ1n) is 22.6. The topological polar surface area (TPSA) is 358 Å². The zero-order valence-electron chi connectivity index (χ0n) is 37.7. The lowest BCUT2D eigenvalue weighted by Crippen LogP contribution is -2.60. The molecule has 0 radical (unpaired) electrons. The number of nitrogens with zero attached hydrogens (tertiary/aromatic N) is 3. The fourth-order valence-corrected chi connectivity index (χ4v) is 8.69. The van der Waals surface area contributed by atoms with E-state index in [2.05, 4.69) is 21.3 Å². The second-order valence-electron chi connectivity index (χ2n) is 17.6. The number of benzene rings is 1. The summed E-state index contributed by atoms with van der Waals surface area (Å²) >= 11 is 0. The molecule has 3 aliphatic rings. The quantitative estimate of drug-likeness (QED) is 0.0553. The predicted octanol–water partition coefficient (Wildman–Crippen LogP) is -1.80. The first-order chi connectivity index (χ1) is 31.7. The number of likely N-dealkylation sites (tertiary alicyclic amines) is 3. The Kier molecular flexibility index (Phi) is 19.6. The lowest BCUT2D eigenvalue weighted by molar-refractivity contribution is -0.152. The molecule has 368 valence electrons. The van der Waals surface area contributed by atoms with Gasteiger partial charge < -0.3 is 62.8 Å². The third-order valence-electron chi connectivity index (χ3n) is 12.0. The number of carboxylic acids is 3. The number of carbonyl (C=O) groups excluding carboxylic acids is 8. The van der Waals surface area contributed by atoms with E-state index in [9.17, 15) is 68.1 Å². The molecule has 67 heavy (non-hydrogen) atoms. The Balaban J connectivity index is 1.50. The van der Waals surface area contributed by atoms with Crippen molar-refractivity contribution in [2.75, 3.05) is 19.6 Å². The number of nitrogens with two attached hydrogens (primary N) is 2. The van der Waals surface area contributed by atoms with Crippen LogP contribution in [0.3, 0.4) is 0 Å². The van der Waals surface area contributed by atoms with Crippen LogP contribution in [-0.2, 0) is 59.2 Å². The summed E-state index contributed by atoms with van der Waals surface area (Å²) in [5.41, 5.74) is 12.4. The molecule has 0 bridgehead atoms. The fraction of sp³-hybridized carbons (Fsp3) is 0.614. The van der Waals surface area contributed by atoms with Gasteiger partial charge in [-0.3, -0.25) is 47.9 Å². The molecule has 3 saturated heterocycles. The minimum Gasteiger partial charge on any atom is -0.481 e. The zero-order valence-corrected chi connectivity index (χ0v) is 37.7. The Morgan fingerprint density at radius 1 is 0.627 bits per heavy atom. The van der Waals surface area contributed by atoms with Crippen molar-refractivity contribution in [2.45, 2.75) is 146 Å². The van der Waals surface area contributed by atoms with Crippen molar-refractivity contribution in [1.82, 2.24) is 36.0 Å². The van der Waals surface area contributed by atoms with Crippen LogP contribution in [0.1, 0.15) is 96.5 Å². The van der Waals surface area contributed by atoms with Gasteiger partial charge in [-0.15, -0.1) is 0 Å². The third-order valence-corrected chi connectivity index (χ3v) is 12.0. The minimum atomic E-state index is -1.84. The average Bonchev–Trinajstić information content (AvgIpc) is 4.07. The van der Waals surface area contributed by atoms with Crippen molar-refractivity contribution in [3.63, 3.8) is 0 Å². The van der Waals surface area contributed by atoms with E-state index in [4.69, 9.17) is 11.5 Å². The highest BCUT2D eigenvalue weighted by atomic mass is 16.4. The van der Waals surface area contributed by atoms with Gasteiger partial charge in [-0.25, -0.2) is 4.79 Å². The van der Waals surface area contributed by atoms with E-state index >= 15 is 0 Å². The molecule has 4 rings (SSSR count). The predicted molar refractivity (Wildman–Crippen MR) is 235 cm³/mol. The number of hydrogen-bond acceptors (Lipinski definition) is 12. The Labute approximate surface area is 387 Å². The van der Waals surface area contributed by atoms with Crippen LogP contribution in [0.5, 0.6) is 0 Å². The van der Waals surface area contributed by atoms with Gasteiger partial charge in [0, 0.05) is 32.5 Å². The van der Waals surface area contributed by atoms with Gasteiger partial charge in [-0.1, -0.05) is 44.2 Å². The van der Waals surface area contributed by atoms with Crippen molar-refractivity contribution in [1.29, 1.82) is 0 Å². The van der Waals surface area contributed by atoms with E-state index in [0.29, 0.717) is 19.3 Å². The van der Waals surface area contributed by atoms with E-state index in [-0.39, 0.29) is 57.7 Å². The summed E-state index contributed by atoms with van der Waals surface area (Å²) in [6.45, 7) is 3.97. The number of amides is 8. The Bertz CT molecular complexity index is 2020. The van der Waals surface area contributed by atoms with E-state index in [1.54, 1.807) is 12.1 Å². The molecule has 0 spiro atoms. The van der Waals surface area contributed by atoms with Gasteiger partial charge in [0.1, 0.15) is 42.3 Å². The van der Waals surface area contributed by atoms with Gasteiger partial charge in [-0.2, -0.15) is 0 Å². The number of rotatable bonds is 24. The molecule has 0 aliphatic carbocycles. The number of primary amides is 1. The van der Waals surface area contributed by atoms with Gasteiger partial charge in [0.25, 0.3) is 0 Å². The van der Waals surface area contributed by atoms with E-state index < -0.39 is 146 Å². The lowest BCUT2D eigenvalue weighted by atomic mass is 10.0. The fourth-order valence-electron chi connectivity index (χ4n) is 8.69. The molecule has 23 heteroatoms. The summed E-state index contributed by atoms with van der Waals surface area (Å²) in [7, 11) is 0. The van der Waals surface area contributed by atoms with Crippen LogP contribution in [0.2, 0.25) is 0 Å². The molecular weight excluding hydrogens is 879 g/mol. The van der Waals surface area contributed by atoms with Crippen LogP contribution in [0.25, 0.3) is 0 Å². The Morgan fingerprint density at radius 2 is 1.12 bits per heavy atom. The first-order valence-corrected chi connectivity index (χ1v) is 22.6. The molecule has 3 heterocycles. The summed E-state index contributed by atoms with van der Waals surface area (Å²) in [4.78, 5) is 148. The van der Waals surface area contributed by atoms with Crippen LogP contribution >= 0.6 is 0 Å². The summed E-state index contributed by atoms with van der Waals surface area (Å²) in [5, 5.41) is 38.5. The SMILES string of the molecule is CC(C)CC(NC(=O)C(N)Cc1ccccc1)C(=O)N1CCCC1C(=O)NC(CCC(=O)O)C(=O)NC(CC(N)=O)C(=O)NC(CCC(=O)O)C(=O)N1CCCC1C(=O)N1CCCC1C(=O)O. The molecule has 3 aliphatic heterocycles. The minimum absolute atomic E-state index is 0.0205. The van der Waals surface area contributed by atoms with E-state index in [0.717, 1.165) is 10.5 Å². The van der Waals surface area contributed by atoms with Crippen LogP contribution < -0.4 is 32.7 Å². The van der Waals surface area contributed by atoms with Gasteiger partial charge >= 0.3 is 17.9 Å².